The molecule has 7 aromatic carbocycles. The van der Waals surface area contributed by atoms with E-state index in [4.69, 9.17) is 4.74 Å². The predicted molar refractivity (Wildman–Crippen MR) is 174 cm³/mol. The van der Waals surface area contributed by atoms with E-state index >= 15 is 0 Å². The van der Waals surface area contributed by atoms with Gasteiger partial charge < -0.3 is 4.74 Å². The first-order valence-corrected chi connectivity index (χ1v) is 14.4. The van der Waals surface area contributed by atoms with Crippen molar-refractivity contribution in [3.63, 3.8) is 0 Å². The molecule has 0 saturated carbocycles. The summed E-state index contributed by atoms with van der Waals surface area (Å²) in [5.74, 6) is 1.83. The molecule has 1 heterocycles. The number of hydrogen-bond acceptors (Lipinski definition) is 1. The molecule has 7 aromatic rings. The van der Waals surface area contributed by atoms with Gasteiger partial charge in [-0.15, -0.1) is 0 Å². The molecule has 0 atom stereocenters. The van der Waals surface area contributed by atoms with Crippen molar-refractivity contribution < 1.29 is 4.74 Å². The van der Waals surface area contributed by atoms with E-state index < -0.39 is 0 Å². The fraction of sp³-hybridized carbons (Fsp3) is 0.100. The highest BCUT2D eigenvalue weighted by Crippen LogP contribution is 2.51. The Balaban J connectivity index is 1.46. The molecular weight excluding hydrogens is 496 g/mol. The smallest absolute Gasteiger partial charge is 0.135 e. The highest BCUT2D eigenvalue weighted by molar-refractivity contribution is 6.24. The normalized spacial score (nSPS) is 12.5. The van der Waals surface area contributed by atoms with E-state index in [1.807, 2.05) is 6.07 Å². The molecule has 1 aliphatic rings. The van der Waals surface area contributed by atoms with Crippen molar-refractivity contribution in [2.75, 3.05) is 0 Å². The summed E-state index contributed by atoms with van der Waals surface area (Å²) in [6.07, 6.45) is 0. The number of ether oxygens (including phenoxy) is 1. The Kier molecular flexibility index (Phi) is 5.15. The number of benzene rings is 7. The van der Waals surface area contributed by atoms with Gasteiger partial charge in [-0.3, -0.25) is 0 Å². The topological polar surface area (TPSA) is 9.23 Å². The van der Waals surface area contributed by atoms with Gasteiger partial charge in [0, 0.05) is 10.9 Å². The lowest BCUT2D eigenvalue weighted by Crippen LogP contribution is -2.10. The third kappa shape index (κ3) is 3.62. The molecule has 0 fully saturated rings. The molecule has 1 nitrogen and oxygen atoms in total. The molecule has 0 amide bonds. The van der Waals surface area contributed by atoms with Crippen molar-refractivity contribution in [3.8, 4) is 44.9 Å². The molecule has 1 aliphatic heterocycles. The van der Waals surface area contributed by atoms with Crippen LogP contribution in [0.15, 0.2) is 127 Å². The van der Waals surface area contributed by atoms with Crippen molar-refractivity contribution in [1.82, 2.24) is 0 Å². The second-order valence-corrected chi connectivity index (χ2v) is 12.1. The fourth-order valence-electron chi connectivity index (χ4n) is 6.66. The largest absolute Gasteiger partial charge is 0.456 e. The number of rotatable bonds is 2. The highest BCUT2D eigenvalue weighted by Gasteiger charge is 2.24. The van der Waals surface area contributed by atoms with E-state index in [0.717, 1.165) is 17.1 Å². The first-order valence-electron chi connectivity index (χ1n) is 14.4. The van der Waals surface area contributed by atoms with Crippen LogP contribution in [0.25, 0.3) is 65.7 Å². The summed E-state index contributed by atoms with van der Waals surface area (Å²) in [4.78, 5) is 0. The monoisotopic (exact) mass is 526 g/mol. The van der Waals surface area contributed by atoms with Gasteiger partial charge >= 0.3 is 0 Å². The van der Waals surface area contributed by atoms with Crippen molar-refractivity contribution in [2.24, 2.45) is 0 Å². The van der Waals surface area contributed by atoms with Gasteiger partial charge in [0.15, 0.2) is 0 Å². The molecule has 1 heteroatoms. The van der Waals surface area contributed by atoms with Crippen LogP contribution >= 0.6 is 0 Å². The lowest BCUT2D eigenvalue weighted by Gasteiger charge is -2.24. The van der Waals surface area contributed by atoms with Gasteiger partial charge in [0.2, 0.25) is 0 Å². The molecule has 0 radical (unpaired) electrons. The summed E-state index contributed by atoms with van der Waals surface area (Å²) < 4.78 is 6.43. The van der Waals surface area contributed by atoms with Gasteiger partial charge in [-0.25, -0.2) is 0 Å². The van der Waals surface area contributed by atoms with Crippen LogP contribution in [-0.2, 0) is 5.41 Å². The standard InChI is InChI=1S/C40H30O/c1-40(2,3)26-21-19-25(20-22-26)37-28-12-4-6-14-30(28)38(31-15-7-5-13-29(31)37)34-24-23-33-27-11-8-9-17-35(27)41-36-18-10-16-32(34)39(33)36/h4-24H,1-3H3. The number of hydrogen-bond donors (Lipinski definition) is 0. The van der Waals surface area contributed by atoms with Gasteiger partial charge in [-0.05, 0) is 77.9 Å². The summed E-state index contributed by atoms with van der Waals surface area (Å²) in [7, 11) is 0. The third-order valence-corrected chi connectivity index (χ3v) is 8.64. The van der Waals surface area contributed by atoms with Crippen molar-refractivity contribution >= 4 is 32.3 Å². The molecule has 8 rings (SSSR count). The lowest BCUT2D eigenvalue weighted by molar-refractivity contribution is 0.487. The molecule has 0 N–H and O–H groups in total. The van der Waals surface area contributed by atoms with Crippen LogP contribution in [0.1, 0.15) is 26.3 Å². The van der Waals surface area contributed by atoms with Crippen LogP contribution in [0.5, 0.6) is 11.5 Å². The first-order chi connectivity index (χ1) is 20.0. The molecule has 0 spiro atoms. The summed E-state index contributed by atoms with van der Waals surface area (Å²) in [5.41, 5.74) is 8.88. The second-order valence-electron chi connectivity index (χ2n) is 12.1. The van der Waals surface area contributed by atoms with Gasteiger partial charge in [0.05, 0.1) is 0 Å². The lowest BCUT2D eigenvalue weighted by atomic mass is 9.82. The Bertz CT molecular complexity index is 2090. The van der Waals surface area contributed by atoms with Crippen LogP contribution in [0.4, 0.5) is 0 Å². The molecule has 41 heavy (non-hydrogen) atoms. The Morgan fingerprint density at radius 2 is 0.951 bits per heavy atom. The van der Waals surface area contributed by atoms with Crippen molar-refractivity contribution in [2.45, 2.75) is 26.2 Å². The maximum absolute atomic E-state index is 6.43. The zero-order chi connectivity index (χ0) is 27.7. The maximum atomic E-state index is 6.43. The van der Waals surface area contributed by atoms with Gasteiger partial charge in [-0.1, -0.05) is 136 Å². The SMILES string of the molecule is CC(C)(C)c1ccc(-c2c3ccccc3c(-c3ccc4c5c(cccc35)Oc3ccccc3-4)c3ccccc23)cc1. The summed E-state index contributed by atoms with van der Waals surface area (Å²) in [6.45, 7) is 6.81. The predicted octanol–water partition coefficient (Wildman–Crippen LogP) is 11.6. The Labute approximate surface area is 240 Å². The minimum absolute atomic E-state index is 0.116. The average molecular weight is 527 g/mol. The van der Waals surface area contributed by atoms with Crippen LogP contribution in [0, 0.1) is 0 Å². The second kappa shape index (κ2) is 8.81. The molecule has 0 unspecified atom stereocenters. The Hall–Kier alpha value is -4.88. The van der Waals surface area contributed by atoms with Gasteiger partial charge in [0.1, 0.15) is 11.5 Å². The zero-order valence-corrected chi connectivity index (χ0v) is 23.5. The average Bonchev–Trinajstić information content (AvgIpc) is 3.00. The molecule has 0 bridgehead atoms. The van der Waals surface area contributed by atoms with E-state index in [2.05, 4.69) is 142 Å². The highest BCUT2D eigenvalue weighted by atomic mass is 16.5. The number of fused-ring (bicyclic) bond motifs is 4. The molecule has 0 aliphatic carbocycles. The van der Waals surface area contributed by atoms with Crippen LogP contribution in [0.2, 0.25) is 0 Å². The Morgan fingerprint density at radius 1 is 0.415 bits per heavy atom. The molecule has 0 saturated heterocycles. The van der Waals surface area contributed by atoms with Crippen LogP contribution in [0.3, 0.4) is 0 Å². The maximum Gasteiger partial charge on any atom is 0.135 e. The summed E-state index contributed by atoms with van der Waals surface area (Å²) in [6, 6.07) is 46.3. The van der Waals surface area contributed by atoms with E-state index in [-0.39, 0.29) is 5.41 Å². The van der Waals surface area contributed by atoms with Crippen LogP contribution in [-0.4, -0.2) is 0 Å². The quantitative estimate of drug-likeness (QED) is 0.204. The molecular formula is C40H30O. The zero-order valence-electron chi connectivity index (χ0n) is 23.5. The van der Waals surface area contributed by atoms with Crippen molar-refractivity contribution in [3.05, 3.63) is 133 Å². The van der Waals surface area contributed by atoms with Gasteiger partial charge in [0.25, 0.3) is 0 Å². The summed E-state index contributed by atoms with van der Waals surface area (Å²) in [5, 5.41) is 7.46. The van der Waals surface area contributed by atoms with E-state index in [1.54, 1.807) is 0 Å². The van der Waals surface area contributed by atoms with Crippen LogP contribution < -0.4 is 4.74 Å². The molecule has 0 aromatic heterocycles. The number of para-hydroxylation sites is 1. The van der Waals surface area contributed by atoms with E-state index in [9.17, 15) is 0 Å². The van der Waals surface area contributed by atoms with E-state index in [0.29, 0.717) is 0 Å². The van der Waals surface area contributed by atoms with Gasteiger partial charge in [-0.2, -0.15) is 0 Å². The summed E-state index contributed by atoms with van der Waals surface area (Å²) >= 11 is 0. The third-order valence-electron chi connectivity index (χ3n) is 8.64. The Morgan fingerprint density at radius 3 is 1.61 bits per heavy atom. The van der Waals surface area contributed by atoms with Crippen molar-refractivity contribution in [1.29, 1.82) is 0 Å². The minimum atomic E-state index is 0.116. The minimum Gasteiger partial charge on any atom is -0.456 e. The van der Waals surface area contributed by atoms with E-state index in [1.165, 1.54) is 65.7 Å². The first kappa shape index (κ1) is 24.0. The fourth-order valence-corrected chi connectivity index (χ4v) is 6.66. The molecule has 196 valence electrons.